The number of benzene rings is 1. The lowest BCUT2D eigenvalue weighted by molar-refractivity contribution is 0.250. The van der Waals surface area contributed by atoms with Crippen molar-refractivity contribution in [2.24, 2.45) is 0 Å². The highest BCUT2D eigenvalue weighted by atomic mass is 35.5. The lowest BCUT2D eigenvalue weighted by Crippen LogP contribution is -2.35. The standard InChI is InChI=1S/C23H25ClN4OS/c1-15-7-8-16(14-17(15)24)19-9-10-20(29-19)22-21(18-6-4-5-11-25-18)26-23(30)28(22)13-12-27(2)3/h4-11,14,21-22H,12-13H2,1-3H3,(H,26,30). The van der Waals surface area contributed by atoms with E-state index in [9.17, 15) is 0 Å². The Morgan fingerprint density at radius 3 is 2.73 bits per heavy atom. The van der Waals surface area contributed by atoms with Gasteiger partial charge in [0, 0.05) is 29.9 Å². The number of rotatable bonds is 6. The van der Waals surface area contributed by atoms with E-state index in [4.69, 9.17) is 28.2 Å². The summed E-state index contributed by atoms with van der Waals surface area (Å²) in [5.41, 5.74) is 2.94. The molecule has 0 amide bonds. The summed E-state index contributed by atoms with van der Waals surface area (Å²) in [6.45, 7) is 3.67. The van der Waals surface area contributed by atoms with Gasteiger partial charge in [0.1, 0.15) is 17.6 Å². The fraction of sp³-hybridized carbons (Fsp3) is 0.304. The second-order valence-corrected chi connectivity index (χ2v) is 8.58. The molecule has 1 aliphatic heterocycles. The van der Waals surface area contributed by atoms with Crippen LogP contribution in [0.2, 0.25) is 5.02 Å². The number of thiocarbonyl (C=S) groups is 1. The summed E-state index contributed by atoms with van der Waals surface area (Å²) < 4.78 is 6.34. The van der Waals surface area contributed by atoms with E-state index in [-0.39, 0.29) is 12.1 Å². The van der Waals surface area contributed by atoms with E-state index in [0.717, 1.165) is 46.5 Å². The number of hydrogen-bond donors (Lipinski definition) is 1. The van der Waals surface area contributed by atoms with Gasteiger partial charge in [-0.05, 0) is 69.1 Å². The average molecular weight is 441 g/mol. The molecule has 156 valence electrons. The number of nitrogens with one attached hydrogen (secondary N) is 1. The highest BCUT2D eigenvalue weighted by molar-refractivity contribution is 7.80. The maximum absolute atomic E-state index is 6.34. The number of likely N-dealkylation sites (N-methyl/N-ethyl adjacent to an activating group) is 1. The van der Waals surface area contributed by atoms with Gasteiger partial charge >= 0.3 is 0 Å². The van der Waals surface area contributed by atoms with E-state index >= 15 is 0 Å². The monoisotopic (exact) mass is 440 g/mol. The van der Waals surface area contributed by atoms with E-state index in [2.05, 4.69) is 34.2 Å². The van der Waals surface area contributed by atoms with Crippen molar-refractivity contribution in [3.63, 3.8) is 0 Å². The third-order valence-corrected chi connectivity index (χ3v) is 6.12. The highest BCUT2D eigenvalue weighted by Gasteiger charge is 2.41. The first-order valence-electron chi connectivity index (χ1n) is 9.93. The van der Waals surface area contributed by atoms with Gasteiger partial charge in [0.2, 0.25) is 0 Å². The van der Waals surface area contributed by atoms with Crippen molar-refractivity contribution < 1.29 is 4.42 Å². The van der Waals surface area contributed by atoms with E-state index in [1.165, 1.54) is 0 Å². The molecule has 1 fully saturated rings. The van der Waals surface area contributed by atoms with E-state index in [0.29, 0.717) is 5.11 Å². The van der Waals surface area contributed by atoms with Crippen LogP contribution in [-0.4, -0.2) is 47.1 Å². The fourth-order valence-corrected chi connectivity index (χ4v) is 4.19. The van der Waals surface area contributed by atoms with Crippen LogP contribution >= 0.6 is 23.8 Å². The van der Waals surface area contributed by atoms with Crippen LogP contribution in [0.3, 0.4) is 0 Å². The molecule has 2 unspecified atom stereocenters. The van der Waals surface area contributed by atoms with Crippen molar-refractivity contribution in [3.05, 3.63) is 76.8 Å². The number of halogens is 1. The predicted molar refractivity (Wildman–Crippen MR) is 125 cm³/mol. The van der Waals surface area contributed by atoms with E-state index in [1.807, 2.05) is 61.7 Å². The quantitative estimate of drug-likeness (QED) is 0.553. The van der Waals surface area contributed by atoms with Crippen molar-refractivity contribution >= 4 is 28.9 Å². The predicted octanol–water partition coefficient (Wildman–Crippen LogP) is 4.84. The summed E-state index contributed by atoms with van der Waals surface area (Å²) in [7, 11) is 4.12. The molecule has 1 aromatic carbocycles. The van der Waals surface area contributed by atoms with E-state index in [1.54, 1.807) is 0 Å². The van der Waals surface area contributed by atoms with Crippen LogP contribution in [0, 0.1) is 6.92 Å². The van der Waals surface area contributed by atoms with Crippen LogP contribution in [0.25, 0.3) is 11.3 Å². The Hall–Kier alpha value is -2.41. The Labute approximate surface area is 187 Å². The Morgan fingerprint density at radius 2 is 2.03 bits per heavy atom. The fourth-order valence-electron chi connectivity index (χ4n) is 3.68. The summed E-state index contributed by atoms with van der Waals surface area (Å²) in [6.07, 6.45) is 1.81. The van der Waals surface area contributed by atoms with Crippen LogP contribution < -0.4 is 5.32 Å². The molecule has 0 aliphatic carbocycles. The zero-order chi connectivity index (χ0) is 21.3. The molecule has 0 radical (unpaired) electrons. The number of nitrogens with zero attached hydrogens (tertiary/aromatic N) is 3. The van der Waals surface area contributed by atoms with Gasteiger partial charge in [0.15, 0.2) is 5.11 Å². The van der Waals surface area contributed by atoms with Gasteiger partial charge in [-0.3, -0.25) is 4.98 Å². The molecule has 0 saturated carbocycles. The van der Waals surface area contributed by atoms with Crippen LogP contribution in [0.1, 0.15) is 29.1 Å². The van der Waals surface area contributed by atoms with Crippen LogP contribution in [0.4, 0.5) is 0 Å². The van der Waals surface area contributed by atoms with Crippen molar-refractivity contribution in [1.29, 1.82) is 0 Å². The first kappa shape index (κ1) is 20.8. The molecule has 2 atom stereocenters. The first-order valence-corrected chi connectivity index (χ1v) is 10.7. The second kappa shape index (κ2) is 8.76. The van der Waals surface area contributed by atoms with Crippen LogP contribution in [-0.2, 0) is 0 Å². The largest absolute Gasteiger partial charge is 0.459 e. The third-order valence-electron chi connectivity index (χ3n) is 5.36. The summed E-state index contributed by atoms with van der Waals surface area (Å²) in [4.78, 5) is 8.91. The molecular formula is C23H25ClN4OS. The molecule has 30 heavy (non-hydrogen) atoms. The molecule has 2 aromatic heterocycles. The number of aryl methyl sites for hydroxylation is 1. The highest BCUT2D eigenvalue weighted by Crippen LogP contribution is 2.40. The van der Waals surface area contributed by atoms with Gasteiger partial charge < -0.3 is 19.5 Å². The number of pyridine rings is 1. The Morgan fingerprint density at radius 1 is 1.20 bits per heavy atom. The Bertz CT molecular complexity index is 1040. The minimum Gasteiger partial charge on any atom is -0.459 e. The van der Waals surface area contributed by atoms with Gasteiger partial charge in [-0.2, -0.15) is 0 Å². The molecular weight excluding hydrogens is 416 g/mol. The van der Waals surface area contributed by atoms with Crippen molar-refractivity contribution in [2.75, 3.05) is 27.2 Å². The summed E-state index contributed by atoms with van der Waals surface area (Å²) >= 11 is 12.0. The topological polar surface area (TPSA) is 44.5 Å². The van der Waals surface area contributed by atoms with Crippen molar-refractivity contribution in [3.8, 4) is 11.3 Å². The second-order valence-electron chi connectivity index (χ2n) is 7.79. The summed E-state index contributed by atoms with van der Waals surface area (Å²) in [5, 5.41) is 4.90. The summed E-state index contributed by atoms with van der Waals surface area (Å²) in [5.74, 6) is 1.64. The van der Waals surface area contributed by atoms with Gasteiger partial charge in [0.25, 0.3) is 0 Å². The average Bonchev–Trinajstić information content (AvgIpc) is 3.33. The molecule has 1 aliphatic rings. The maximum Gasteiger partial charge on any atom is 0.170 e. The molecule has 7 heteroatoms. The number of furan rings is 1. The van der Waals surface area contributed by atoms with E-state index < -0.39 is 0 Å². The zero-order valence-electron chi connectivity index (χ0n) is 17.3. The van der Waals surface area contributed by atoms with Gasteiger partial charge in [-0.1, -0.05) is 29.8 Å². The van der Waals surface area contributed by atoms with Crippen molar-refractivity contribution in [2.45, 2.75) is 19.0 Å². The van der Waals surface area contributed by atoms with Crippen molar-refractivity contribution in [1.82, 2.24) is 20.1 Å². The number of aromatic nitrogens is 1. The maximum atomic E-state index is 6.34. The molecule has 3 aromatic rings. The first-order chi connectivity index (χ1) is 14.4. The normalized spacial score (nSPS) is 18.8. The van der Waals surface area contributed by atoms with Gasteiger partial charge in [0.05, 0.1) is 11.7 Å². The third kappa shape index (κ3) is 4.21. The summed E-state index contributed by atoms with van der Waals surface area (Å²) in [6, 6.07) is 15.8. The minimum absolute atomic E-state index is 0.0815. The lowest BCUT2D eigenvalue weighted by atomic mass is 10.0. The van der Waals surface area contributed by atoms with Gasteiger partial charge in [-0.15, -0.1) is 0 Å². The lowest BCUT2D eigenvalue weighted by Gasteiger charge is -2.27. The molecule has 3 heterocycles. The zero-order valence-corrected chi connectivity index (χ0v) is 18.9. The minimum atomic E-state index is -0.0820. The molecule has 4 rings (SSSR count). The molecule has 1 saturated heterocycles. The Kier molecular flexibility index (Phi) is 6.09. The SMILES string of the molecule is Cc1ccc(-c2ccc(C3C(c4ccccn4)NC(=S)N3CCN(C)C)o2)cc1Cl. The molecule has 5 nitrogen and oxygen atoms in total. The molecule has 1 N–H and O–H groups in total. The molecule has 0 spiro atoms. The van der Waals surface area contributed by atoms with Crippen LogP contribution in [0.5, 0.6) is 0 Å². The van der Waals surface area contributed by atoms with Crippen LogP contribution in [0.15, 0.2) is 59.1 Å². The smallest absolute Gasteiger partial charge is 0.170 e. The van der Waals surface area contributed by atoms with Gasteiger partial charge in [-0.25, -0.2) is 0 Å². The number of hydrogen-bond acceptors (Lipinski definition) is 4. The Balaban J connectivity index is 1.70. The molecule has 0 bridgehead atoms.